The number of aromatic nitrogens is 3. The Morgan fingerprint density at radius 2 is 2.00 bits per heavy atom. The van der Waals surface area contributed by atoms with Gasteiger partial charge in [0.25, 0.3) is 11.1 Å². The van der Waals surface area contributed by atoms with Gasteiger partial charge in [-0.05, 0) is 18.2 Å². The third-order valence-corrected chi connectivity index (χ3v) is 6.13. The summed E-state index contributed by atoms with van der Waals surface area (Å²) < 4.78 is 7.13. The summed E-state index contributed by atoms with van der Waals surface area (Å²) in [7, 11) is 0. The summed E-state index contributed by atoms with van der Waals surface area (Å²) in [6.45, 7) is 0.662. The lowest BCUT2D eigenvalue weighted by atomic mass is 10.1. The Hall–Kier alpha value is -3.92. The minimum Gasteiger partial charge on any atom is -0.467 e. The van der Waals surface area contributed by atoms with Crippen molar-refractivity contribution in [2.45, 2.75) is 6.54 Å². The number of furan rings is 1. The minimum atomic E-state index is -0.330. The van der Waals surface area contributed by atoms with Crippen molar-refractivity contribution in [3.63, 3.8) is 0 Å². The first-order valence-electron chi connectivity index (χ1n) is 10.3. The van der Waals surface area contributed by atoms with Crippen molar-refractivity contribution in [1.82, 2.24) is 25.0 Å². The number of thioether (sulfide) groups is 1. The summed E-state index contributed by atoms with van der Waals surface area (Å²) in [4.78, 5) is 42.6. The Labute approximate surface area is 192 Å². The number of hydrogen-bond donors (Lipinski definition) is 1. The van der Waals surface area contributed by atoms with Crippen LogP contribution >= 0.6 is 11.8 Å². The number of imide groups is 1. The number of pyridine rings is 1. The van der Waals surface area contributed by atoms with E-state index in [1.807, 2.05) is 36.4 Å². The molecule has 3 aromatic heterocycles. The van der Waals surface area contributed by atoms with Crippen molar-refractivity contribution < 1.29 is 18.8 Å². The van der Waals surface area contributed by atoms with Crippen LogP contribution < -0.4 is 5.32 Å². The van der Waals surface area contributed by atoms with Gasteiger partial charge in [0.05, 0.1) is 34.9 Å². The second-order valence-electron chi connectivity index (χ2n) is 7.40. The number of carbonyl (C=O) groups is 3. The van der Waals surface area contributed by atoms with Crippen LogP contribution in [-0.4, -0.2) is 55.6 Å². The molecule has 1 aliphatic heterocycles. The summed E-state index contributed by atoms with van der Waals surface area (Å²) in [5.74, 6) is 0.295. The second kappa shape index (κ2) is 8.91. The summed E-state index contributed by atoms with van der Waals surface area (Å²) in [6.07, 6.45) is 3.20. The van der Waals surface area contributed by atoms with E-state index in [0.717, 1.165) is 28.0 Å². The molecule has 3 amide bonds. The van der Waals surface area contributed by atoms with Crippen molar-refractivity contribution in [3.8, 4) is 11.3 Å². The molecule has 4 aromatic rings. The molecule has 33 heavy (non-hydrogen) atoms. The van der Waals surface area contributed by atoms with Crippen molar-refractivity contribution in [3.05, 3.63) is 72.3 Å². The molecule has 4 heterocycles. The predicted molar refractivity (Wildman–Crippen MR) is 123 cm³/mol. The third-order valence-electron chi connectivity index (χ3n) is 5.27. The first kappa shape index (κ1) is 21.0. The van der Waals surface area contributed by atoms with Crippen LogP contribution in [0.2, 0.25) is 0 Å². The van der Waals surface area contributed by atoms with Crippen molar-refractivity contribution in [1.29, 1.82) is 0 Å². The maximum absolute atomic E-state index is 13.1. The average Bonchev–Trinajstić information content (AvgIpc) is 3.57. The molecule has 0 atom stereocenters. The van der Waals surface area contributed by atoms with Crippen LogP contribution in [-0.2, 0) is 11.3 Å². The van der Waals surface area contributed by atoms with Crippen LogP contribution in [0.25, 0.3) is 22.3 Å². The maximum atomic E-state index is 13.1. The number of rotatable bonds is 7. The van der Waals surface area contributed by atoms with Gasteiger partial charge in [0, 0.05) is 18.7 Å². The number of nitrogens with one attached hydrogen (secondary N) is 1. The zero-order valence-corrected chi connectivity index (χ0v) is 18.2. The van der Waals surface area contributed by atoms with Crippen molar-refractivity contribution in [2.75, 3.05) is 18.8 Å². The smallest absolute Gasteiger partial charge is 0.288 e. The molecule has 0 bridgehead atoms. The highest BCUT2D eigenvalue weighted by molar-refractivity contribution is 8.14. The molecule has 1 aliphatic rings. The molecule has 0 radical (unpaired) electrons. The van der Waals surface area contributed by atoms with E-state index in [4.69, 9.17) is 9.40 Å². The first-order chi connectivity index (χ1) is 16.1. The molecule has 9 nitrogen and oxygen atoms in total. The summed E-state index contributed by atoms with van der Waals surface area (Å²) >= 11 is 0.972. The number of nitrogens with zero attached hydrogens (tertiary/aromatic N) is 4. The van der Waals surface area contributed by atoms with E-state index >= 15 is 0 Å². The van der Waals surface area contributed by atoms with Crippen molar-refractivity contribution >= 4 is 39.8 Å². The van der Waals surface area contributed by atoms with Gasteiger partial charge in [-0.15, -0.1) is 0 Å². The molecule has 0 aliphatic carbocycles. The van der Waals surface area contributed by atoms with Gasteiger partial charge in [-0.25, -0.2) is 9.67 Å². The fourth-order valence-electron chi connectivity index (χ4n) is 3.63. The van der Waals surface area contributed by atoms with Crippen LogP contribution in [0.3, 0.4) is 0 Å². The molecule has 1 saturated heterocycles. The van der Waals surface area contributed by atoms with Crippen molar-refractivity contribution in [2.24, 2.45) is 0 Å². The standard InChI is InChI=1S/C23H19N5O4S/c29-20-14-33-23(31)27(20)9-8-24-22(30)17-11-19(15-5-2-1-3-6-15)26-21-18(17)12-25-28(21)13-16-7-4-10-32-16/h1-7,10-12H,8-9,13-14H2,(H,24,30). The first-order valence-corrected chi connectivity index (χ1v) is 11.3. The number of fused-ring (bicyclic) bond motifs is 1. The van der Waals surface area contributed by atoms with Crippen LogP contribution in [0.5, 0.6) is 0 Å². The number of benzene rings is 1. The summed E-state index contributed by atoms with van der Waals surface area (Å²) in [6, 6.07) is 14.9. The van der Waals surface area contributed by atoms with Gasteiger partial charge in [0.2, 0.25) is 5.91 Å². The number of carbonyl (C=O) groups excluding carboxylic acids is 3. The molecule has 0 saturated carbocycles. The van der Waals surface area contributed by atoms with E-state index in [-0.39, 0.29) is 35.9 Å². The highest BCUT2D eigenvalue weighted by Crippen LogP contribution is 2.25. The van der Waals surface area contributed by atoms with Crippen LogP contribution in [0, 0.1) is 0 Å². The van der Waals surface area contributed by atoms with Gasteiger partial charge in [-0.1, -0.05) is 42.1 Å². The van der Waals surface area contributed by atoms with Crippen LogP contribution in [0.15, 0.2) is 65.4 Å². The number of amides is 3. The van der Waals surface area contributed by atoms with E-state index in [0.29, 0.717) is 28.8 Å². The predicted octanol–water partition coefficient (Wildman–Crippen LogP) is 3.16. The molecular formula is C23H19N5O4S. The van der Waals surface area contributed by atoms with Crippen LogP contribution in [0.1, 0.15) is 16.1 Å². The minimum absolute atomic E-state index is 0.133. The fraction of sp³-hybridized carbons (Fsp3) is 0.174. The molecule has 0 unspecified atom stereocenters. The molecule has 5 rings (SSSR count). The number of hydrogen-bond acceptors (Lipinski definition) is 7. The largest absolute Gasteiger partial charge is 0.467 e. The summed E-state index contributed by atoms with van der Waals surface area (Å²) in [5.41, 5.74) is 2.47. The third kappa shape index (κ3) is 4.24. The highest BCUT2D eigenvalue weighted by atomic mass is 32.2. The van der Waals surface area contributed by atoms with E-state index in [1.54, 1.807) is 29.3 Å². The maximum Gasteiger partial charge on any atom is 0.288 e. The molecule has 1 aromatic carbocycles. The Balaban J connectivity index is 1.46. The molecule has 0 spiro atoms. The molecule has 166 valence electrons. The van der Waals surface area contributed by atoms with E-state index in [9.17, 15) is 14.4 Å². The zero-order valence-electron chi connectivity index (χ0n) is 17.4. The normalized spacial score (nSPS) is 13.8. The Kier molecular flexibility index (Phi) is 5.66. The monoisotopic (exact) mass is 461 g/mol. The van der Waals surface area contributed by atoms with E-state index in [1.165, 1.54) is 0 Å². The highest BCUT2D eigenvalue weighted by Gasteiger charge is 2.29. The van der Waals surface area contributed by atoms with E-state index in [2.05, 4.69) is 10.4 Å². The topological polar surface area (TPSA) is 110 Å². The second-order valence-corrected chi connectivity index (χ2v) is 8.32. The Morgan fingerprint density at radius 3 is 2.73 bits per heavy atom. The van der Waals surface area contributed by atoms with Gasteiger partial charge in [-0.3, -0.25) is 19.3 Å². The lowest BCUT2D eigenvalue weighted by Crippen LogP contribution is -2.37. The van der Waals surface area contributed by atoms with Gasteiger partial charge in [0.15, 0.2) is 5.65 Å². The average molecular weight is 462 g/mol. The zero-order chi connectivity index (χ0) is 22.8. The molecule has 10 heteroatoms. The SMILES string of the molecule is O=C(NCCN1C(=O)CSC1=O)c1cc(-c2ccccc2)nc2c1cnn2Cc1ccco1. The Morgan fingerprint density at radius 1 is 1.15 bits per heavy atom. The molecular weight excluding hydrogens is 442 g/mol. The van der Waals surface area contributed by atoms with E-state index < -0.39 is 0 Å². The summed E-state index contributed by atoms with van der Waals surface area (Å²) in [5, 5.41) is 7.55. The molecule has 1 N–H and O–H groups in total. The fourth-order valence-corrected chi connectivity index (χ4v) is 4.38. The lowest BCUT2D eigenvalue weighted by Gasteiger charge is -2.14. The molecule has 1 fully saturated rings. The Bertz CT molecular complexity index is 1320. The lowest BCUT2D eigenvalue weighted by molar-refractivity contribution is -0.124. The van der Waals surface area contributed by atoms with Gasteiger partial charge in [0.1, 0.15) is 12.3 Å². The van der Waals surface area contributed by atoms with Gasteiger partial charge in [-0.2, -0.15) is 5.10 Å². The van der Waals surface area contributed by atoms with Gasteiger partial charge < -0.3 is 9.73 Å². The quantitative estimate of drug-likeness (QED) is 0.450. The van der Waals surface area contributed by atoms with Gasteiger partial charge >= 0.3 is 0 Å². The van der Waals surface area contributed by atoms with Crippen LogP contribution in [0.4, 0.5) is 4.79 Å².